The minimum Gasteiger partial charge on any atom is -0.619 e. The van der Waals surface area contributed by atoms with Crippen molar-refractivity contribution in [3.63, 3.8) is 0 Å². The van der Waals surface area contributed by atoms with Crippen molar-refractivity contribution in [3.8, 4) is 5.88 Å². The zero-order valence-electron chi connectivity index (χ0n) is 13.8. The maximum absolute atomic E-state index is 12.7. The van der Waals surface area contributed by atoms with E-state index in [1.165, 1.54) is 30.6 Å². The highest BCUT2D eigenvalue weighted by atomic mass is 35.5. The van der Waals surface area contributed by atoms with Crippen molar-refractivity contribution in [2.45, 2.75) is 11.5 Å². The molecule has 3 aromatic rings. The molecule has 0 fully saturated rings. The molecule has 0 amide bonds. The molecule has 0 atom stereocenters. The van der Waals surface area contributed by atoms with E-state index in [0.717, 1.165) is 6.20 Å². The highest BCUT2D eigenvalue weighted by Crippen LogP contribution is 2.31. The number of benzene rings is 1. The standard InChI is InChI=1S/C16H11Cl3N4O4S/c17-11-2-1-3-12(14(11)19)28(25,26)22-15-16(21-13(18)8-20-15)27-9-10-4-6-23(24)7-5-10/h1-8H,9H2,(H,20,22). The minimum atomic E-state index is -4.13. The van der Waals surface area contributed by atoms with Gasteiger partial charge < -0.3 is 9.94 Å². The van der Waals surface area contributed by atoms with E-state index in [-0.39, 0.29) is 38.4 Å². The van der Waals surface area contributed by atoms with E-state index in [1.807, 2.05) is 0 Å². The lowest BCUT2D eigenvalue weighted by Crippen LogP contribution is -2.23. The van der Waals surface area contributed by atoms with Gasteiger partial charge in [0.25, 0.3) is 15.9 Å². The van der Waals surface area contributed by atoms with Gasteiger partial charge in [-0.15, -0.1) is 0 Å². The maximum Gasteiger partial charge on any atom is 0.264 e. The van der Waals surface area contributed by atoms with Gasteiger partial charge in [0.1, 0.15) is 11.5 Å². The molecule has 0 saturated heterocycles. The van der Waals surface area contributed by atoms with Gasteiger partial charge in [-0.1, -0.05) is 40.9 Å². The van der Waals surface area contributed by atoms with E-state index in [4.69, 9.17) is 39.5 Å². The van der Waals surface area contributed by atoms with Gasteiger partial charge in [0.2, 0.25) is 5.82 Å². The predicted molar refractivity (Wildman–Crippen MR) is 104 cm³/mol. The van der Waals surface area contributed by atoms with Gasteiger partial charge in [0.05, 0.1) is 16.2 Å². The van der Waals surface area contributed by atoms with E-state index < -0.39 is 10.0 Å². The molecule has 0 unspecified atom stereocenters. The molecule has 146 valence electrons. The van der Waals surface area contributed by atoms with Crippen LogP contribution in [-0.4, -0.2) is 18.4 Å². The van der Waals surface area contributed by atoms with Crippen LogP contribution in [0.3, 0.4) is 0 Å². The molecule has 3 rings (SSSR count). The molecule has 28 heavy (non-hydrogen) atoms. The first-order chi connectivity index (χ1) is 13.3. The number of pyridine rings is 1. The predicted octanol–water partition coefficient (Wildman–Crippen LogP) is 3.45. The van der Waals surface area contributed by atoms with Crippen molar-refractivity contribution in [1.82, 2.24) is 9.97 Å². The Bertz CT molecular complexity index is 1110. The number of hydrogen-bond donors (Lipinski definition) is 1. The SMILES string of the molecule is O=S(=O)(Nc1ncc(Cl)nc1OCc1cc[n+]([O-])cc1)c1cccc(Cl)c1Cl. The van der Waals surface area contributed by atoms with Gasteiger partial charge in [-0.3, -0.25) is 4.72 Å². The Morgan fingerprint density at radius 1 is 1.14 bits per heavy atom. The van der Waals surface area contributed by atoms with Gasteiger partial charge in [-0.25, -0.2) is 13.4 Å². The fraction of sp³-hybridized carbons (Fsp3) is 0.0625. The molecular formula is C16H11Cl3N4O4S. The number of nitrogens with one attached hydrogen (secondary N) is 1. The van der Waals surface area contributed by atoms with Crippen LogP contribution in [-0.2, 0) is 16.6 Å². The van der Waals surface area contributed by atoms with Crippen LogP contribution < -0.4 is 14.2 Å². The first kappa shape index (κ1) is 20.4. The Morgan fingerprint density at radius 3 is 2.57 bits per heavy atom. The molecule has 0 aliphatic carbocycles. The number of nitrogens with zero attached hydrogens (tertiary/aromatic N) is 3. The third-order valence-corrected chi connectivity index (χ3v) is 5.89. The molecule has 0 bridgehead atoms. The molecule has 1 N–H and O–H groups in total. The Balaban J connectivity index is 1.87. The number of sulfonamides is 1. The fourth-order valence-electron chi connectivity index (χ4n) is 2.09. The normalized spacial score (nSPS) is 11.2. The second-order valence-electron chi connectivity index (χ2n) is 5.36. The van der Waals surface area contributed by atoms with Crippen molar-refractivity contribution in [2.75, 3.05) is 4.72 Å². The van der Waals surface area contributed by atoms with E-state index in [1.54, 1.807) is 12.1 Å². The van der Waals surface area contributed by atoms with Crippen molar-refractivity contribution in [2.24, 2.45) is 0 Å². The summed E-state index contributed by atoms with van der Waals surface area (Å²) in [6.07, 6.45) is 3.76. The molecule has 12 heteroatoms. The van der Waals surface area contributed by atoms with E-state index in [9.17, 15) is 13.6 Å². The Kier molecular flexibility index (Phi) is 6.09. The highest BCUT2D eigenvalue weighted by molar-refractivity contribution is 7.92. The van der Waals surface area contributed by atoms with Gasteiger partial charge in [-0.2, -0.15) is 9.71 Å². The molecule has 2 heterocycles. The highest BCUT2D eigenvalue weighted by Gasteiger charge is 2.23. The molecule has 0 saturated carbocycles. The van der Waals surface area contributed by atoms with Crippen molar-refractivity contribution in [1.29, 1.82) is 0 Å². The van der Waals surface area contributed by atoms with Crippen LogP contribution in [0.5, 0.6) is 5.88 Å². The first-order valence-electron chi connectivity index (χ1n) is 7.56. The molecule has 0 aliphatic rings. The van der Waals surface area contributed by atoms with Gasteiger partial charge in [0.15, 0.2) is 17.5 Å². The summed E-state index contributed by atoms with van der Waals surface area (Å²) in [5.41, 5.74) is 0.653. The first-order valence-corrected chi connectivity index (χ1v) is 10.2. The lowest BCUT2D eigenvalue weighted by Gasteiger charge is -2.13. The molecule has 8 nitrogen and oxygen atoms in total. The Labute approximate surface area is 175 Å². The van der Waals surface area contributed by atoms with Gasteiger partial charge >= 0.3 is 0 Å². The maximum atomic E-state index is 12.7. The average Bonchev–Trinajstić information content (AvgIpc) is 2.65. The largest absolute Gasteiger partial charge is 0.619 e. The lowest BCUT2D eigenvalue weighted by atomic mass is 10.3. The second kappa shape index (κ2) is 8.36. The van der Waals surface area contributed by atoms with Gasteiger partial charge in [-0.05, 0) is 12.1 Å². The summed E-state index contributed by atoms with van der Waals surface area (Å²) >= 11 is 17.7. The Morgan fingerprint density at radius 2 is 1.86 bits per heavy atom. The topological polar surface area (TPSA) is 108 Å². The average molecular weight is 462 g/mol. The molecule has 0 aliphatic heterocycles. The summed E-state index contributed by atoms with van der Waals surface area (Å²) in [7, 11) is -4.13. The van der Waals surface area contributed by atoms with Crippen LogP contribution in [0, 0.1) is 5.21 Å². The van der Waals surface area contributed by atoms with E-state index >= 15 is 0 Å². The van der Waals surface area contributed by atoms with Crippen LogP contribution in [0.15, 0.2) is 53.8 Å². The number of hydrogen-bond acceptors (Lipinski definition) is 6. The lowest BCUT2D eigenvalue weighted by molar-refractivity contribution is -0.605. The number of aromatic nitrogens is 3. The summed E-state index contributed by atoms with van der Waals surface area (Å²) in [4.78, 5) is 7.65. The van der Waals surface area contributed by atoms with Crippen LogP contribution >= 0.6 is 34.8 Å². The Hall–Kier alpha value is -2.33. The number of ether oxygens (including phenoxy) is 1. The number of anilines is 1. The molecule has 1 aromatic carbocycles. The molecular weight excluding hydrogens is 451 g/mol. The van der Waals surface area contributed by atoms with Crippen molar-refractivity contribution in [3.05, 3.63) is 74.9 Å². The smallest absolute Gasteiger partial charge is 0.264 e. The fourth-order valence-corrected chi connectivity index (χ4v) is 3.98. The summed E-state index contributed by atoms with van der Waals surface area (Å²) in [6.45, 7) is 0.00249. The van der Waals surface area contributed by atoms with E-state index in [2.05, 4.69) is 14.7 Å². The molecule has 0 spiro atoms. The van der Waals surface area contributed by atoms with Crippen LogP contribution in [0.1, 0.15) is 5.56 Å². The number of halogens is 3. The monoisotopic (exact) mass is 460 g/mol. The summed E-state index contributed by atoms with van der Waals surface area (Å²) in [5.74, 6) is -0.330. The zero-order chi connectivity index (χ0) is 20.3. The summed E-state index contributed by atoms with van der Waals surface area (Å²) in [6, 6.07) is 7.29. The van der Waals surface area contributed by atoms with Gasteiger partial charge in [0, 0.05) is 17.7 Å². The second-order valence-corrected chi connectivity index (χ2v) is 8.18. The number of rotatable bonds is 6. The third kappa shape index (κ3) is 4.74. The summed E-state index contributed by atoms with van der Waals surface area (Å²) < 4.78 is 33.8. The van der Waals surface area contributed by atoms with Crippen LogP contribution in [0.4, 0.5) is 5.82 Å². The van der Waals surface area contributed by atoms with Crippen LogP contribution in [0.25, 0.3) is 0 Å². The van der Waals surface area contributed by atoms with E-state index in [0.29, 0.717) is 10.3 Å². The third-order valence-electron chi connectivity index (χ3n) is 3.39. The zero-order valence-corrected chi connectivity index (χ0v) is 16.9. The summed E-state index contributed by atoms with van der Waals surface area (Å²) in [5, 5.41) is 11.0. The quantitative estimate of drug-likeness (QED) is 0.445. The molecule has 0 radical (unpaired) electrons. The molecule has 2 aromatic heterocycles. The van der Waals surface area contributed by atoms with Crippen molar-refractivity contribution >= 4 is 50.6 Å². The van der Waals surface area contributed by atoms with Crippen LogP contribution in [0.2, 0.25) is 15.2 Å². The van der Waals surface area contributed by atoms with Crippen molar-refractivity contribution < 1.29 is 17.9 Å². The minimum absolute atomic E-state index is 0.00249.